The maximum atomic E-state index is 5.49. The Kier molecular flexibility index (Phi) is 8.41. The molecule has 0 bridgehead atoms. The van der Waals surface area contributed by atoms with Crippen LogP contribution in [0.15, 0.2) is 59.6 Å². The van der Waals surface area contributed by atoms with Crippen molar-refractivity contribution >= 4 is 29.9 Å². The number of para-hydroxylation sites is 1. The Labute approximate surface area is 180 Å². The average Bonchev–Trinajstić information content (AvgIpc) is 3.19. The standard InChI is InChI=1S/C22H29N3O.HI/c1-17(20-11-7-8-12-21(20)26-3)15-24-22(23-2)25-14-13-19(16-25)18-9-5-4-6-10-18;/h4-12,17,19H,13-16H2,1-3H3,(H,23,24);1H. The molecule has 2 aromatic rings. The van der Waals surface area contributed by atoms with Gasteiger partial charge in [0.05, 0.1) is 7.11 Å². The van der Waals surface area contributed by atoms with Gasteiger partial charge in [-0.3, -0.25) is 4.99 Å². The molecule has 0 aromatic heterocycles. The third-order valence-corrected chi connectivity index (χ3v) is 5.21. The van der Waals surface area contributed by atoms with Crippen LogP contribution < -0.4 is 10.1 Å². The van der Waals surface area contributed by atoms with Crippen LogP contribution in [0.2, 0.25) is 0 Å². The molecule has 3 rings (SSSR count). The molecule has 4 nitrogen and oxygen atoms in total. The summed E-state index contributed by atoms with van der Waals surface area (Å²) >= 11 is 0. The molecule has 1 heterocycles. The fraction of sp³-hybridized carbons (Fsp3) is 0.409. The first-order chi connectivity index (χ1) is 12.7. The molecule has 1 aliphatic rings. The number of likely N-dealkylation sites (tertiary alicyclic amines) is 1. The number of nitrogens with zero attached hydrogens (tertiary/aromatic N) is 2. The first-order valence-corrected chi connectivity index (χ1v) is 9.36. The lowest BCUT2D eigenvalue weighted by Gasteiger charge is -2.24. The number of rotatable bonds is 5. The lowest BCUT2D eigenvalue weighted by Crippen LogP contribution is -2.41. The summed E-state index contributed by atoms with van der Waals surface area (Å²) in [5, 5.41) is 3.55. The highest BCUT2D eigenvalue weighted by Gasteiger charge is 2.26. The van der Waals surface area contributed by atoms with Gasteiger partial charge in [-0.05, 0) is 23.6 Å². The molecule has 1 saturated heterocycles. The lowest BCUT2D eigenvalue weighted by molar-refractivity contribution is 0.405. The SMILES string of the molecule is CN=C(NCC(C)c1ccccc1OC)N1CCC(c2ccccc2)C1.I. The summed E-state index contributed by atoms with van der Waals surface area (Å²) in [6.45, 7) is 5.11. The predicted octanol–water partition coefficient (Wildman–Crippen LogP) is 4.48. The molecule has 0 saturated carbocycles. The minimum absolute atomic E-state index is 0. The Morgan fingerprint density at radius 2 is 1.89 bits per heavy atom. The number of halogens is 1. The summed E-state index contributed by atoms with van der Waals surface area (Å²) in [5.74, 6) is 2.86. The van der Waals surface area contributed by atoms with Gasteiger partial charge in [0, 0.05) is 38.5 Å². The second-order valence-corrected chi connectivity index (χ2v) is 6.91. The highest BCUT2D eigenvalue weighted by molar-refractivity contribution is 14.0. The third-order valence-electron chi connectivity index (χ3n) is 5.21. The number of hydrogen-bond acceptors (Lipinski definition) is 2. The van der Waals surface area contributed by atoms with Gasteiger partial charge in [-0.1, -0.05) is 55.5 Å². The van der Waals surface area contributed by atoms with Gasteiger partial charge in [0.25, 0.3) is 0 Å². The molecule has 146 valence electrons. The van der Waals surface area contributed by atoms with Crippen molar-refractivity contribution in [1.82, 2.24) is 10.2 Å². The van der Waals surface area contributed by atoms with Crippen LogP contribution in [0.25, 0.3) is 0 Å². The quantitative estimate of drug-likeness (QED) is 0.391. The van der Waals surface area contributed by atoms with Crippen LogP contribution in [-0.2, 0) is 0 Å². The summed E-state index contributed by atoms with van der Waals surface area (Å²) in [6, 6.07) is 19.0. The minimum Gasteiger partial charge on any atom is -0.496 e. The van der Waals surface area contributed by atoms with E-state index in [1.165, 1.54) is 17.5 Å². The smallest absolute Gasteiger partial charge is 0.193 e. The van der Waals surface area contributed by atoms with Crippen molar-refractivity contribution < 1.29 is 4.74 Å². The number of benzene rings is 2. The summed E-state index contributed by atoms with van der Waals surface area (Å²) in [7, 11) is 3.60. The predicted molar refractivity (Wildman–Crippen MR) is 124 cm³/mol. The number of guanidine groups is 1. The first-order valence-electron chi connectivity index (χ1n) is 9.36. The van der Waals surface area contributed by atoms with Crippen molar-refractivity contribution in [2.24, 2.45) is 4.99 Å². The number of aliphatic imine (C=N–C) groups is 1. The lowest BCUT2D eigenvalue weighted by atomic mass is 9.99. The van der Waals surface area contributed by atoms with Crippen LogP contribution in [0.3, 0.4) is 0 Å². The Morgan fingerprint density at radius 3 is 2.59 bits per heavy atom. The summed E-state index contributed by atoms with van der Waals surface area (Å²) in [4.78, 5) is 6.87. The van der Waals surface area contributed by atoms with Gasteiger partial charge < -0.3 is 15.0 Å². The normalized spacial score (nSPS) is 18.0. The fourth-order valence-corrected chi connectivity index (χ4v) is 3.71. The molecule has 1 fully saturated rings. The number of hydrogen-bond donors (Lipinski definition) is 1. The molecule has 0 aliphatic carbocycles. The van der Waals surface area contributed by atoms with Gasteiger partial charge in [-0.2, -0.15) is 0 Å². The molecule has 2 atom stereocenters. The van der Waals surface area contributed by atoms with E-state index in [0.29, 0.717) is 11.8 Å². The fourth-order valence-electron chi connectivity index (χ4n) is 3.71. The largest absolute Gasteiger partial charge is 0.496 e. The zero-order valence-corrected chi connectivity index (χ0v) is 18.7. The van der Waals surface area contributed by atoms with Crippen LogP contribution in [0.1, 0.15) is 36.3 Å². The van der Waals surface area contributed by atoms with Gasteiger partial charge in [-0.15, -0.1) is 24.0 Å². The van der Waals surface area contributed by atoms with Crippen molar-refractivity contribution in [3.05, 3.63) is 65.7 Å². The Hall–Kier alpha value is -1.76. The van der Waals surface area contributed by atoms with E-state index >= 15 is 0 Å². The molecule has 1 N–H and O–H groups in total. The van der Waals surface area contributed by atoms with Crippen LogP contribution in [-0.4, -0.2) is 44.7 Å². The molecular weight excluding hydrogens is 449 g/mol. The molecule has 0 amide bonds. The number of ether oxygens (including phenoxy) is 1. The zero-order chi connectivity index (χ0) is 18.4. The van der Waals surface area contributed by atoms with Crippen molar-refractivity contribution in [1.29, 1.82) is 0 Å². The van der Waals surface area contributed by atoms with Crippen LogP contribution in [0, 0.1) is 0 Å². The van der Waals surface area contributed by atoms with Crippen molar-refractivity contribution in [2.75, 3.05) is 33.8 Å². The maximum Gasteiger partial charge on any atom is 0.193 e. The van der Waals surface area contributed by atoms with E-state index in [2.05, 4.69) is 64.6 Å². The van der Waals surface area contributed by atoms with Crippen molar-refractivity contribution in [2.45, 2.75) is 25.2 Å². The second kappa shape index (κ2) is 10.5. The van der Waals surface area contributed by atoms with E-state index in [9.17, 15) is 0 Å². The Morgan fingerprint density at radius 1 is 1.19 bits per heavy atom. The molecule has 0 spiro atoms. The summed E-state index contributed by atoms with van der Waals surface area (Å²) < 4.78 is 5.49. The molecule has 5 heteroatoms. The van der Waals surface area contributed by atoms with Crippen molar-refractivity contribution in [3.63, 3.8) is 0 Å². The van der Waals surface area contributed by atoms with E-state index in [1.54, 1.807) is 7.11 Å². The zero-order valence-electron chi connectivity index (χ0n) is 16.4. The monoisotopic (exact) mass is 479 g/mol. The molecule has 0 radical (unpaired) electrons. The van der Waals surface area contributed by atoms with Gasteiger partial charge >= 0.3 is 0 Å². The highest BCUT2D eigenvalue weighted by Crippen LogP contribution is 2.28. The Balaban J connectivity index is 0.00000261. The van der Waals surface area contributed by atoms with E-state index in [4.69, 9.17) is 4.74 Å². The van der Waals surface area contributed by atoms with Crippen LogP contribution >= 0.6 is 24.0 Å². The van der Waals surface area contributed by atoms with E-state index in [-0.39, 0.29) is 24.0 Å². The topological polar surface area (TPSA) is 36.9 Å². The minimum atomic E-state index is 0. The van der Waals surface area contributed by atoms with E-state index in [0.717, 1.165) is 31.3 Å². The second-order valence-electron chi connectivity index (χ2n) is 6.91. The molecule has 2 unspecified atom stereocenters. The third kappa shape index (κ3) is 5.37. The molecule has 27 heavy (non-hydrogen) atoms. The Bertz CT molecular complexity index is 735. The van der Waals surface area contributed by atoms with Crippen LogP contribution in [0.4, 0.5) is 0 Å². The maximum absolute atomic E-state index is 5.49. The molecule has 1 aliphatic heterocycles. The average molecular weight is 479 g/mol. The summed E-state index contributed by atoms with van der Waals surface area (Å²) in [6.07, 6.45) is 1.17. The van der Waals surface area contributed by atoms with Gasteiger partial charge in [0.15, 0.2) is 5.96 Å². The molecule has 2 aromatic carbocycles. The van der Waals surface area contributed by atoms with E-state index in [1.807, 2.05) is 19.2 Å². The van der Waals surface area contributed by atoms with Gasteiger partial charge in [0.1, 0.15) is 5.75 Å². The van der Waals surface area contributed by atoms with Gasteiger partial charge in [0.2, 0.25) is 0 Å². The van der Waals surface area contributed by atoms with Crippen LogP contribution in [0.5, 0.6) is 5.75 Å². The summed E-state index contributed by atoms with van der Waals surface area (Å²) in [5.41, 5.74) is 2.65. The van der Waals surface area contributed by atoms with Crippen molar-refractivity contribution in [3.8, 4) is 5.75 Å². The number of methoxy groups -OCH3 is 1. The van der Waals surface area contributed by atoms with Gasteiger partial charge in [-0.25, -0.2) is 0 Å². The van der Waals surface area contributed by atoms with E-state index < -0.39 is 0 Å². The first kappa shape index (κ1) is 21.5. The number of nitrogens with one attached hydrogen (secondary N) is 1. The molecular formula is C22H30IN3O. The highest BCUT2D eigenvalue weighted by atomic mass is 127.